The smallest absolute Gasteiger partial charge is 0.310 e. The minimum atomic E-state index is -0.229. The number of nitrogens with one attached hydrogen (secondary N) is 2. The lowest BCUT2D eigenvalue weighted by atomic mass is 9.81. The van der Waals surface area contributed by atoms with Gasteiger partial charge in [-0.05, 0) is 97.3 Å². The summed E-state index contributed by atoms with van der Waals surface area (Å²) in [6.07, 6.45) is 9.31. The summed E-state index contributed by atoms with van der Waals surface area (Å²) in [4.78, 5) is 25.3. The second-order valence-electron chi connectivity index (χ2n) is 11.3. The summed E-state index contributed by atoms with van der Waals surface area (Å²) in [5, 5.41) is 6.84. The van der Waals surface area contributed by atoms with E-state index in [1.165, 1.54) is 12.8 Å². The predicted molar refractivity (Wildman–Crippen MR) is 115 cm³/mol. The second kappa shape index (κ2) is 8.95. The summed E-state index contributed by atoms with van der Waals surface area (Å²) in [6, 6.07) is 0.380. The van der Waals surface area contributed by atoms with Crippen LogP contribution < -0.4 is 10.6 Å². The molecular weight excluding hydrogens is 364 g/mol. The maximum absolute atomic E-state index is 12.7. The Morgan fingerprint density at radius 1 is 0.966 bits per heavy atom. The topological polar surface area (TPSA) is 67.4 Å². The Kier molecular flexibility index (Phi) is 6.97. The van der Waals surface area contributed by atoms with E-state index in [1.807, 2.05) is 0 Å². The fraction of sp³-hybridized carbons (Fsp3) is 0.917. The van der Waals surface area contributed by atoms with Crippen molar-refractivity contribution in [3.8, 4) is 0 Å². The number of hydrogen-bond acceptors (Lipinski definition) is 4. The zero-order valence-corrected chi connectivity index (χ0v) is 19.2. The summed E-state index contributed by atoms with van der Waals surface area (Å²) in [5.41, 5.74) is -0.262. The van der Waals surface area contributed by atoms with Gasteiger partial charge in [0.05, 0.1) is 12.5 Å². The van der Waals surface area contributed by atoms with E-state index in [2.05, 4.69) is 45.3 Å². The standard InChI is InChI=1S/C24H42N2O3/c1-16-6-12-19(13-7-16)25-21(27)18-10-8-17(9-11-18)15-29-22(28)20-14-23(2,3)26-24(20,4)5/h16-20,26H,6-15H2,1-5H3,(H,25,27). The quantitative estimate of drug-likeness (QED) is 0.672. The van der Waals surface area contributed by atoms with Crippen molar-refractivity contribution < 1.29 is 14.3 Å². The van der Waals surface area contributed by atoms with Gasteiger partial charge in [-0.15, -0.1) is 0 Å². The predicted octanol–water partition coefficient (Wildman–Crippen LogP) is 4.20. The molecule has 0 aromatic rings. The maximum Gasteiger partial charge on any atom is 0.310 e. The van der Waals surface area contributed by atoms with Crippen LogP contribution in [0.25, 0.3) is 0 Å². The average molecular weight is 407 g/mol. The fourth-order valence-corrected chi connectivity index (χ4v) is 5.77. The molecule has 2 saturated carbocycles. The van der Waals surface area contributed by atoms with Gasteiger partial charge in [0.25, 0.3) is 0 Å². The molecule has 1 amide bonds. The van der Waals surface area contributed by atoms with Gasteiger partial charge in [-0.25, -0.2) is 0 Å². The van der Waals surface area contributed by atoms with Crippen molar-refractivity contribution in [2.45, 2.75) is 110 Å². The van der Waals surface area contributed by atoms with E-state index >= 15 is 0 Å². The van der Waals surface area contributed by atoms with Crippen LogP contribution in [0.5, 0.6) is 0 Å². The molecule has 5 nitrogen and oxygen atoms in total. The first-order valence-corrected chi connectivity index (χ1v) is 11.8. The summed E-state index contributed by atoms with van der Waals surface area (Å²) >= 11 is 0. The molecule has 0 radical (unpaired) electrons. The number of hydrogen-bond donors (Lipinski definition) is 2. The molecule has 0 aromatic heterocycles. The van der Waals surface area contributed by atoms with Crippen molar-refractivity contribution in [3.05, 3.63) is 0 Å². The Bertz CT molecular complexity index is 585. The highest BCUT2D eigenvalue weighted by atomic mass is 16.5. The van der Waals surface area contributed by atoms with Gasteiger partial charge >= 0.3 is 5.97 Å². The monoisotopic (exact) mass is 406 g/mol. The number of rotatable bonds is 5. The largest absolute Gasteiger partial charge is 0.465 e. The zero-order chi connectivity index (χ0) is 21.2. The molecule has 0 bridgehead atoms. The number of amides is 1. The summed E-state index contributed by atoms with van der Waals surface area (Å²) < 4.78 is 5.74. The highest BCUT2D eigenvalue weighted by Gasteiger charge is 2.48. The molecule has 3 rings (SSSR count). The van der Waals surface area contributed by atoms with Crippen LogP contribution in [0.15, 0.2) is 0 Å². The van der Waals surface area contributed by atoms with Crippen LogP contribution in [0, 0.1) is 23.7 Å². The first kappa shape index (κ1) is 22.6. The summed E-state index contributed by atoms with van der Waals surface area (Å²) in [7, 11) is 0. The van der Waals surface area contributed by atoms with Gasteiger partial charge in [0.1, 0.15) is 0 Å². The Morgan fingerprint density at radius 3 is 2.14 bits per heavy atom. The van der Waals surface area contributed by atoms with Crippen molar-refractivity contribution in [1.29, 1.82) is 0 Å². The van der Waals surface area contributed by atoms with Gasteiger partial charge in [0, 0.05) is 23.0 Å². The minimum Gasteiger partial charge on any atom is -0.465 e. The lowest BCUT2D eigenvalue weighted by molar-refractivity contribution is -0.152. The van der Waals surface area contributed by atoms with Crippen LogP contribution in [-0.4, -0.2) is 35.6 Å². The van der Waals surface area contributed by atoms with E-state index in [1.54, 1.807) is 0 Å². The number of esters is 1. The summed E-state index contributed by atoms with van der Waals surface area (Å²) in [6.45, 7) is 11.3. The van der Waals surface area contributed by atoms with E-state index in [-0.39, 0.29) is 34.8 Å². The number of carbonyl (C=O) groups is 2. The normalized spacial score (nSPS) is 36.4. The van der Waals surface area contributed by atoms with Crippen LogP contribution in [0.1, 0.15) is 92.4 Å². The maximum atomic E-state index is 12.7. The van der Waals surface area contributed by atoms with Crippen molar-refractivity contribution in [1.82, 2.24) is 10.6 Å². The molecule has 3 fully saturated rings. The van der Waals surface area contributed by atoms with Gasteiger partial charge in [-0.1, -0.05) is 6.92 Å². The highest BCUT2D eigenvalue weighted by molar-refractivity contribution is 5.79. The van der Waals surface area contributed by atoms with Gasteiger partial charge < -0.3 is 15.4 Å². The fourth-order valence-electron chi connectivity index (χ4n) is 5.77. The first-order valence-electron chi connectivity index (χ1n) is 11.8. The molecule has 1 atom stereocenters. The molecule has 3 aliphatic rings. The minimum absolute atomic E-state index is 0.0328. The summed E-state index contributed by atoms with van der Waals surface area (Å²) in [5.74, 6) is 1.42. The Morgan fingerprint density at radius 2 is 1.59 bits per heavy atom. The molecular formula is C24H42N2O3. The molecule has 1 saturated heterocycles. The van der Waals surface area contributed by atoms with E-state index < -0.39 is 0 Å². The first-order chi connectivity index (χ1) is 13.6. The molecule has 29 heavy (non-hydrogen) atoms. The lowest BCUT2D eigenvalue weighted by Gasteiger charge is -2.32. The number of ether oxygens (including phenoxy) is 1. The van der Waals surface area contributed by atoms with Gasteiger partial charge in [0.2, 0.25) is 5.91 Å². The van der Waals surface area contributed by atoms with Crippen molar-refractivity contribution >= 4 is 11.9 Å². The third-order valence-electron chi connectivity index (χ3n) is 7.57. The van der Waals surface area contributed by atoms with Crippen molar-refractivity contribution in [2.75, 3.05) is 6.61 Å². The van der Waals surface area contributed by atoms with Crippen LogP contribution >= 0.6 is 0 Å². The molecule has 2 N–H and O–H groups in total. The lowest BCUT2D eigenvalue weighted by Crippen LogP contribution is -2.46. The zero-order valence-electron chi connectivity index (χ0n) is 19.2. The van der Waals surface area contributed by atoms with Gasteiger partial charge in [-0.2, -0.15) is 0 Å². The Balaban J connectivity index is 1.37. The molecule has 1 aliphatic heterocycles. The molecule has 2 aliphatic carbocycles. The molecule has 166 valence electrons. The van der Waals surface area contributed by atoms with Crippen LogP contribution in [0.2, 0.25) is 0 Å². The van der Waals surface area contributed by atoms with Crippen molar-refractivity contribution in [2.24, 2.45) is 23.7 Å². The molecule has 5 heteroatoms. The average Bonchev–Trinajstić information content (AvgIpc) is 2.89. The molecule has 1 heterocycles. The van der Waals surface area contributed by atoms with E-state index in [0.717, 1.165) is 50.9 Å². The molecule has 1 unspecified atom stereocenters. The SMILES string of the molecule is CC1CCC(NC(=O)C2CCC(COC(=O)C3CC(C)(C)NC3(C)C)CC2)CC1. The second-order valence-corrected chi connectivity index (χ2v) is 11.3. The van der Waals surface area contributed by atoms with Crippen LogP contribution in [0.4, 0.5) is 0 Å². The van der Waals surface area contributed by atoms with Crippen molar-refractivity contribution in [3.63, 3.8) is 0 Å². The Labute approximate surface area is 177 Å². The van der Waals surface area contributed by atoms with E-state index in [4.69, 9.17) is 4.74 Å². The number of carbonyl (C=O) groups excluding carboxylic acids is 2. The van der Waals surface area contributed by atoms with E-state index in [0.29, 0.717) is 18.6 Å². The van der Waals surface area contributed by atoms with E-state index in [9.17, 15) is 9.59 Å². The van der Waals surface area contributed by atoms with Crippen LogP contribution in [0.3, 0.4) is 0 Å². The van der Waals surface area contributed by atoms with Gasteiger partial charge in [0.15, 0.2) is 0 Å². The third-order valence-corrected chi connectivity index (χ3v) is 7.57. The van der Waals surface area contributed by atoms with Gasteiger partial charge in [-0.3, -0.25) is 9.59 Å². The third kappa shape index (κ3) is 5.96. The van der Waals surface area contributed by atoms with Crippen LogP contribution in [-0.2, 0) is 14.3 Å². The molecule has 0 aromatic carbocycles. The Hall–Kier alpha value is -1.10. The highest BCUT2D eigenvalue weighted by Crippen LogP contribution is 2.37. The molecule has 0 spiro atoms.